The molecule has 0 amide bonds. The summed E-state index contributed by atoms with van der Waals surface area (Å²) in [7, 11) is -9.40. The lowest BCUT2D eigenvalue weighted by Crippen LogP contribution is -2.21. The van der Waals surface area contributed by atoms with Gasteiger partial charge in [-0.25, -0.2) is 4.79 Å². The lowest BCUT2D eigenvalue weighted by atomic mass is 10.5. The summed E-state index contributed by atoms with van der Waals surface area (Å²) >= 11 is 0.939. The van der Waals surface area contributed by atoms with E-state index < -0.39 is 31.3 Å². The molecule has 16 heavy (non-hydrogen) atoms. The first kappa shape index (κ1) is 13.1. The maximum atomic E-state index is 11.1. The van der Waals surface area contributed by atoms with Gasteiger partial charge in [-0.3, -0.25) is 4.55 Å². The molecule has 1 N–H and O–H groups in total. The largest absolute Gasteiger partial charge is 0.363 e. The van der Waals surface area contributed by atoms with Crippen LogP contribution in [0.1, 0.15) is 9.67 Å². The highest BCUT2D eigenvalue weighted by atomic mass is 32.3. The van der Waals surface area contributed by atoms with Crippen molar-refractivity contribution in [3.05, 3.63) is 22.4 Å². The molecule has 1 rings (SSSR count). The molecule has 0 fully saturated rings. The zero-order valence-corrected chi connectivity index (χ0v) is 10.0. The van der Waals surface area contributed by atoms with E-state index >= 15 is 0 Å². The van der Waals surface area contributed by atoms with Crippen LogP contribution < -0.4 is 0 Å². The molecular weight excluding hydrogens is 280 g/mol. The number of hydrogen-bond donors (Lipinski definition) is 1. The second kappa shape index (κ2) is 4.49. The number of carbonyl (C=O) groups excluding carboxylic acids is 1. The van der Waals surface area contributed by atoms with Gasteiger partial charge in [0.25, 0.3) is 10.1 Å². The molecule has 0 aliphatic carbocycles. The van der Waals surface area contributed by atoms with Crippen molar-refractivity contribution in [1.29, 1.82) is 0 Å². The first-order chi connectivity index (χ1) is 7.20. The quantitative estimate of drug-likeness (QED) is 0.615. The molecule has 0 radical (unpaired) electrons. The van der Waals surface area contributed by atoms with Gasteiger partial charge < -0.3 is 4.18 Å². The minimum absolute atomic E-state index is 0.0129. The summed E-state index contributed by atoms with van der Waals surface area (Å²) in [6.45, 7) is 0. The van der Waals surface area contributed by atoms with Crippen LogP contribution in [0.25, 0.3) is 0 Å². The second-order valence-electron chi connectivity index (χ2n) is 2.61. The van der Waals surface area contributed by atoms with E-state index in [1.807, 2.05) is 0 Å². The molecule has 1 heterocycles. The van der Waals surface area contributed by atoms with Crippen LogP contribution in [0, 0.1) is 0 Å². The first-order valence-electron chi connectivity index (χ1n) is 3.65. The fourth-order valence-electron chi connectivity index (χ4n) is 0.758. The average molecular weight is 286 g/mol. The lowest BCUT2D eigenvalue weighted by molar-refractivity contribution is 0.0753. The molecule has 10 heteroatoms. The molecule has 0 aliphatic rings. The smallest absolute Gasteiger partial charge is 0.340 e. The molecule has 0 unspecified atom stereocenters. The van der Waals surface area contributed by atoms with E-state index in [-0.39, 0.29) is 4.88 Å². The summed E-state index contributed by atoms with van der Waals surface area (Å²) in [6.07, 6.45) is 0. The molecule has 0 saturated heterocycles. The molecule has 1 aromatic rings. The topological polar surface area (TPSA) is 115 Å². The van der Waals surface area contributed by atoms with Crippen molar-refractivity contribution in [3.63, 3.8) is 0 Å². The van der Waals surface area contributed by atoms with Gasteiger partial charge in [0.05, 0.1) is 0 Å². The molecule has 0 bridgehead atoms. The van der Waals surface area contributed by atoms with Gasteiger partial charge >= 0.3 is 16.1 Å². The van der Waals surface area contributed by atoms with Crippen molar-refractivity contribution in [2.24, 2.45) is 0 Å². The highest BCUT2D eigenvalue weighted by Gasteiger charge is 2.25. The van der Waals surface area contributed by atoms with E-state index in [0.717, 1.165) is 11.3 Å². The average Bonchev–Trinajstić information content (AvgIpc) is 2.48. The molecule has 7 nitrogen and oxygen atoms in total. The van der Waals surface area contributed by atoms with Gasteiger partial charge in [0.1, 0.15) is 4.88 Å². The van der Waals surface area contributed by atoms with Crippen LogP contribution >= 0.6 is 11.3 Å². The third kappa shape index (κ3) is 4.26. The Bertz CT molecular complexity index is 566. The molecule has 0 atom stereocenters. The third-order valence-corrected chi connectivity index (χ3v) is 4.82. The van der Waals surface area contributed by atoms with Crippen LogP contribution in [0.2, 0.25) is 0 Å². The minimum atomic E-state index is -4.76. The molecular formula is C6H6O7S3. The normalized spacial score (nSPS) is 12.3. The third-order valence-electron chi connectivity index (χ3n) is 1.22. The first-order valence-corrected chi connectivity index (χ1v) is 7.71. The van der Waals surface area contributed by atoms with Crippen molar-refractivity contribution in [1.82, 2.24) is 0 Å². The summed E-state index contributed by atoms with van der Waals surface area (Å²) in [5.74, 6) is -1.18. The van der Waals surface area contributed by atoms with E-state index in [2.05, 4.69) is 4.18 Å². The molecule has 90 valence electrons. The van der Waals surface area contributed by atoms with Gasteiger partial charge in [0, 0.05) is 0 Å². The zero-order chi connectivity index (χ0) is 12.4. The maximum absolute atomic E-state index is 11.1. The Morgan fingerprint density at radius 1 is 1.38 bits per heavy atom. The lowest BCUT2D eigenvalue weighted by Gasteiger charge is -2.01. The number of carbonyl (C=O) groups is 1. The van der Waals surface area contributed by atoms with Crippen LogP contribution in [-0.2, 0) is 24.4 Å². The van der Waals surface area contributed by atoms with Crippen molar-refractivity contribution in [2.45, 2.75) is 0 Å². The summed E-state index contributed by atoms with van der Waals surface area (Å²) in [5.41, 5.74) is 0. The van der Waals surface area contributed by atoms with Crippen LogP contribution in [0.15, 0.2) is 17.5 Å². The molecule has 0 aliphatic heterocycles. The van der Waals surface area contributed by atoms with Gasteiger partial charge in [-0.05, 0) is 11.4 Å². The maximum Gasteiger partial charge on any atom is 0.363 e. The molecule has 1 aromatic heterocycles. The fourth-order valence-corrected chi connectivity index (χ4v) is 3.38. The Morgan fingerprint density at radius 3 is 2.44 bits per heavy atom. The van der Waals surface area contributed by atoms with Crippen LogP contribution in [0.4, 0.5) is 0 Å². The highest BCUT2D eigenvalue weighted by Crippen LogP contribution is 2.12. The van der Waals surface area contributed by atoms with Gasteiger partial charge in [0.15, 0.2) is 0 Å². The van der Waals surface area contributed by atoms with E-state index in [9.17, 15) is 21.6 Å². The van der Waals surface area contributed by atoms with E-state index in [1.165, 1.54) is 17.5 Å². The fraction of sp³-hybridized carbons (Fsp3) is 0.167. The van der Waals surface area contributed by atoms with E-state index in [1.54, 1.807) is 0 Å². The van der Waals surface area contributed by atoms with Crippen molar-refractivity contribution in [2.75, 3.05) is 5.08 Å². The Labute approximate surface area is 95.5 Å². The van der Waals surface area contributed by atoms with Gasteiger partial charge in [0.2, 0.25) is 5.08 Å². The van der Waals surface area contributed by atoms with Crippen molar-refractivity contribution in [3.8, 4) is 0 Å². The summed E-state index contributed by atoms with van der Waals surface area (Å²) in [4.78, 5) is 11.2. The monoisotopic (exact) mass is 286 g/mol. The van der Waals surface area contributed by atoms with Crippen LogP contribution in [0.3, 0.4) is 0 Å². The minimum Gasteiger partial charge on any atom is -0.340 e. The number of rotatable bonds is 4. The van der Waals surface area contributed by atoms with Crippen molar-refractivity contribution < 1.29 is 30.4 Å². The predicted octanol–water partition coefficient (Wildman–Crippen LogP) is 0.0800. The van der Waals surface area contributed by atoms with E-state index in [0.29, 0.717) is 0 Å². The Hall–Kier alpha value is -0.970. The molecule has 0 spiro atoms. The van der Waals surface area contributed by atoms with Crippen molar-refractivity contribution >= 4 is 37.5 Å². The van der Waals surface area contributed by atoms with Crippen LogP contribution in [-0.4, -0.2) is 32.4 Å². The predicted molar refractivity (Wildman–Crippen MR) is 55.1 cm³/mol. The van der Waals surface area contributed by atoms with Gasteiger partial charge in [-0.1, -0.05) is 6.07 Å². The Kier molecular flexibility index (Phi) is 3.68. The van der Waals surface area contributed by atoms with Crippen LogP contribution in [0.5, 0.6) is 0 Å². The Morgan fingerprint density at radius 2 is 2.00 bits per heavy atom. The highest BCUT2D eigenvalue weighted by molar-refractivity contribution is 8.03. The second-order valence-corrected chi connectivity index (χ2v) is 6.94. The van der Waals surface area contributed by atoms with Gasteiger partial charge in [-0.15, -0.1) is 11.3 Å². The van der Waals surface area contributed by atoms with Gasteiger partial charge in [-0.2, -0.15) is 16.8 Å². The summed E-state index contributed by atoms with van der Waals surface area (Å²) < 4.78 is 54.8. The van der Waals surface area contributed by atoms with E-state index in [4.69, 9.17) is 4.55 Å². The summed E-state index contributed by atoms with van der Waals surface area (Å²) in [6, 6.07) is 2.81. The zero-order valence-electron chi connectivity index (χ0n) is 7.56. The standard InChI is InChI=1S/C6H6O7S3/c7-6(5-2-1-3-14-5)13-16(11,12)4-15(8,9)10/h1-3H,4H2,(H,8,9,10). The number of thiophene rings is 1. The molecule has 0 aromatic carbocycles. The Balaban J connectivity index is 2.79. The molecule has 0 saturated carbocycles. The summed E-state index contributed by atoms with van der Waals surface area (Å²) in [5, 5.41) is -0.136. The SMILES string of the molecule is O=C(OS(=O)(=O)CS(=O)(=O)O)c1cccs1. The number of hydrogen-bond acceptors (Lipinski definition) is 7.